The highest BCUT2D eigenvalue weighted by atomic mass is 16.6. The van der Waals surface area contributed by atoms with Gasteiger partial charge in [0, 0.05) is 23.9 Å². The molecule has 1 aliphatic rings. The maximum Gasteiger partial charge on any atom is 0.272 e. The smallest absolute Gasteiger partial charge is 0.272 e. The van der Waals surface area contributed by atoms with Gasteiger partial charge in [-0.15, -0.1) is 0 Å². The number of morpholine rings is 1. The summed E-state index contributed by atoms with van der Waals surface area (Å²) in [4.78, 5) is 12.4. The highest BCUT2D eigenvalue weighted by molar-refractivity contribution is 5.56. The van der Waals surface area contributed by atoms with Gasteiger partial charge in [-0.3, -0.25) is 10.1 Å². The fraction of sp³-hybridized carbons (Fsp3) is 0.500. The lowest BCUT2D eigenvalue weighted by atomic mass is 10.1. The number of aliphatic hydroxyl groups excluding tert-OH is 1. The van der Waals surface area contributed by atoms with Crippen LogP contribution in [0.3, 0.4) is 0 Å². The molecule has 1 saturated heterocycles. The molecule has 6 nitrogen and oxygen atoms in total. The number of aliphatic hydroxyl groups is 1. The van der Waals surface area contributed by atoms with E-state index in [1.807, 2.05) is 4.90 Å². The van der Waals surface area contributed by atoms with Crippen molar-refractivity contribution < 1.29 is 14.8 Å². The molecule has 0 spiro atoms. The number of hydrogen-bond acceptors (Lipinski definition) is 5. The van der Waals surface area contributed by atoms with Gasteiger partial charge in [0.05, 0.1) is 30.8 Å². The zero-order valence-corrected chi connectivity index (χ0v) is 10.2. The van der Waals surface area contributed by atoms with E-state index in [1.54, 1.807) is 19.1 Å². The van der Waals surface area contributed by atoms with Crippen molar-refractivity contribution in [3.05, 3.63) is 33.9 Å². The predicted octanol–water partition coefficient (Wildman–Crippen LogP) is 1.10. The minimum Gasteiger partial charge on any atom is -0.394 e. The largest absolute Gasteiger partial charge is 0.394 e. The van der Waals surface area contributed by atoms with E-state index in [4.69, 9.17) is 4.74 Å². The van der Waals surface area contributed by atoms with Gasteiger partial charge in [-0.1, -0.05) is 0 Å². The van der Waals surface area contributed by atoms with Crippen LogP contribution in [0.2, 0.25) is 0 Å². The Morgan fingerprint density at radius 1 is 1.61 bits per heavy atom. The van der Waals surface area contributed by atoms with Crippen molar-refractivity contribution in [3.63, 3.8) is 0 Å². The molecule has 1 aromatic carbocycles. The summed E-state index contributed by atoms with van der Waals surface area (Å²) in [6.07, 6.45) is 0. The number of anilines is 1. The summed E-state index contributed by atoms with van der Waals surface area (Å²) < 4.78 is 5.31. The average molecular weight is 252 g/mol. The van der Waals surface area contributed by atoms with E-state index in [0.29, 0.717) is 25.3 Å². The predicted molar refractivity (Wildman–Crippen MR) is 66.9 cm³/mol. The number of nitrogens with zero attached hydrogens (tertiary/aromatic N) is 2. The van der Waals surface area contributed by atoms with Gasteiger partial charge >= 0.3 is 0 Å². The average Bonchev–Trinajstić information content (AvgIpc) is 2.38. The molecule has 1 aromatic rings. The maximum absolute atomic E-state index is 10.8. The van der Waals surface area contributed by atoms with Crippen LogP contribution in [0.5, 0.6) is 0 Å². The third kappa shape index (κ3) is 2.44. The first kappa shape index (κ1) is 12.8. The van der Waals surface area contributed by atoms with Gasteiger partial charge in [-0.2, -0.15) is 0 Å². The Kier molecular flexibility index (Phi) is 3.78. The number of ether oxygens (including phenoxy) is 1. The van der Waals surface area contributed by atoms with Gasteiger partial charge in [0.2, 0.25) is 0 Å². The Labute approximate surface area is 105 Å². The van der Waals surface area contributed by atoms with Crippen molar-refractivity contribution in [2.45, 2.75) is 13.0 Å². The summed E-state index contributed by atoms with van der Waals surface area (Å²) in [5, 5.41) is 20.1. The fourth-order valence-corrected chi connectivity index (χ4v) is 2.17. The molecule has 2 rings (SSSR count). The van der Waals surface area contributed by atoms with Crippen molar-refractivity contribution in [3.8, 4) is 0 Å². The van der Waals surface area contributed by atoms with Crippen LogP contribution in [0.4, 0.5) is 11.4 Å². The number of hydrogen-bond donors (Lipinski definition) is 1. The molecule has 0 bridgehead atoms. The summed E-state index contributed by atoms with van der Waals surface area (Å²) in [7, 11) is 0. The quantitative estimate of drug-likeness (QED) is 0.644. The fourth-order valence-electron chi connectivity index (χ4n) is 2.17. The van der Waals surface area contributed by atoms with Crippen LogP contribution in [-0.4, -0.2) is 42.4 Å². The zero-order chi connectivity index (χ0) is 13.1. The van der Waals surface area contributed by atoms with Gasteiger partial charge in [0.1, 0.15) is 0 Å². The first-order chi connectivity index (χ1) is 8.63. The van der Waals surface area contributed by atoms with Crippen LogP contribution < -0.4 is 4.90 Å². The molecule has 1 atom stereocenters. The molecule has 1 fully saturated rings. The zero-order valence-electron chi connectivity index (χ0n) is 10.2. The van der Waals surface area contributed by atoms with E-state index in [9.17, 15) is 15.2 Å². The lowest BCUT2D eigenvalue weighted by Gasteiger charge is -2.36. The SMILES string of the molecule is Cc1cc(N2CCOCC2CO)ccc1[N+](=O)[O-]. The normalized spacial score (nSPS) is 19.9. The minimum atomic E-state index is -0.387. The van der Waals surface area contributed by atoms with E-state index in [0.717, 1.165) is 5.69 Å². The molecular formula is C12H16N2O4. The van der Waals surface area contributed by atoms with E-state index in [2.05, 4.69) is 0 Å². The lowest BCUT2D eigenvalue weighted by Crippen LogP contribution is -2.47. The number of benzene rings is 1. The summed E-state index contributed by atoms with van der Waals surface area (Å²) >= 11 is 0. The van der Waals surface area contributed by atoms with Crippen molar-refractivity contribution in [1.29, 1.82) is 0 Å². The molecule has 1 unspecified atom stereocenters. The molecule has 0 aromatic heterocycles. The highest BCUT2D eigenvalue weighted by Gasteiger charge is 2.23. The molecule has 1 heterocycles. The van der Waals surface area contributed by atoms with E-state index in [1.165, 1.54) is 6.07 Å². The van der Waals surface area contributed by atoms with E-state index < -0.39 is 0 Å². The number of nitro groups is 1. The number of aryl methyl sites for hydroxylation is 1. The van der Waals surface area contributed by atoms with Gasteiger partial charge in [0.25, 0.3) is 5.69 Å². The second-order valence-electron chi connectivity index (χ2n) is 4.33. The second kappa shape index (κ2) is 5.32. The Bertz CT molecular complexity index is 450. The van der Waals surface area contributed by atoms with E-state index >= 15 is 0 Å². The molecule has 0 radical (unpaired) electrons. The Hall–Kier alpha value is -1.66. The van der Waals surface area contributed by atoms with Gasteiger partial charge in [0.15, 0.2) is 0 Å². The standard InChI is InChI=1S/C12H16N2O4/c1-9-6-10(2-3-12(9)14(16)17)13-4-5-18-8-11(13)7-15/h2-3,6,11,15H,4-5,7-8H2,1H3. The molecule has 1 aliphatic heterocycles. The highest BCUT2D eigenvalue weighted by Crippen LogP contribution is 2.26. The second-order valence-corrected chi connectivity index (χ2v) is 4.33. The van der Waals surface area contributed by atoms with Crippen LogP contribution in [0, 0.1) is 17.0 Å². The van der Waals surface area contributed by atoms with Crippen LogP contribution in [0.25, 0.3) is 0 Å². The molecule has 18 heavy (non-hydrogen) atoms. The van der Waals surface area contributed by atoms with Gasteiger partial charge in [-0.25, -0.2) is 0 Å². The molecule has 0 saturated carbocycles. The first-order valence-electron chi connectivity index (χ1n) is 5.83. The van der Waals surface area contributed by atoms with E-state index in [-0.39, 0.29) is 23.3 Å². The molecule has 0 amide bonds. The van der Waals surface area contributed by atoms with Crippen molar-refractivity contribution in [2.24, 2.45) is 0 Å². The topological polar surface area (TPSA) is 75.8 Å². The summed E-state index contributed by atoms with van der Waals surface area (Å²) in [6.45, 7) is 3.49. The van der Waals surface area contributed by atoms with Gasteiger partial charge in [-0.05, 0) is 19.1 Å². The molecule has 98 valence electrons. The van der Waals surface area contributed by atoms with Gasteiger partial charge < -0.3 is 14.7 Å². The van der Waals surface area contributed by atoms with Crippen molar-refractivity contribution in [2.75, 3.05) is 31.3 Å². The minimum absolute atomic E-state index is 0.00996. The Morgan fingerprint density at radius 3 is 3.00 bits per heavy atom. The molecular weight excluding hydrogens is 236 g/mol. The first-order valence-corrected chi connectivity index (χ1v) is 5.83. The van der Waals surface area contributed by atoms with Crippen LogP contribution in [0.1, 0.15) is 5.56 Å². The summed E-state index contributed by atoms with van der Waals surface area (Å²) in [5.74, 6) is 0. The molecule has 0 aliphatic carbocycles. The van der Waals surface area contributed by atoms with Crippen LogP contribution in [0.15, 0.2) is 18.2 Å². The number of nitro benzene ring substituents is 1. The van der Waals surface area contributed by atoms with Crippen molar-refractivity contribution in [1.82, 2.24) is 0 Å². The van der Waals surface area contributed by atoms with Crippen LogP contribution in [-0.2, 0) is 4.74 Å². The monoisotopic (exact) mass is 252 g/mol. The third-order valence-corrected chi connectivity index (χ3v) is 3.15. The Balaban J connectivity index is 2.27. The number of rotatable bonds is 3. The Morgan fingerprint density at radius 2 is 2.39 bits per heavy atom. The molecule has 1 N–H and O–H groups in total. The summed E-state index contributed by atoms with van der Waals surface area (Å²) in [5.41, 5.74) is 1.63. The third-order valence-electron chi connectivity index (χ3n) is 3.15. The summed E-state index contributed by atoms with van der Waals surface area (Å²) in [6, 6.07) is 4.93. The maximum atomic E-state index is 10.8. The molecule has 6 heteroatoms. The van der Waals surface area contributed by atoms with Crippen LogP contribution >= 0.6 is 0 Å². The van der Waals surface area contributed by atoms with Crippen molar-refractivity contribution >= 4 is 11.4 Å². The lowest BCUT2D eigenvalue weighted by molar-refractivity contribution is -0.385.